The molecule has 0 atom stereocenters. The topological polar surface area (TPSA) is 40.5 Å². The first-order valence-electron chi connectivity index (χ1n) is 6.61. The highest BCUT2D eigenvalue weighted by Gasteiger charge is 2.02. The van der Waals surface area contributed by atoms with E-state index in [-0.39, 0.29) is 0 Å². The number of rotatable bonds is 2. The second-order valence-corrected chi connectivity index (χ2v) is 4.70. The van der Waals surface area contributed by atoms with Crippen LogP contribution in [0.25, 0.3) is 0 Å². The summed E-state index contributed by atoms with van der Waals surface area (Å²) in [6.45, 7) is 6.15. The SMILES string of the molecule is CC(C)c1ccccc1O.CCc1ccccc1O. The standard InChI is InChI=1S/C9H12O.C8H10O/c1-7(2)8-5-3-4-6-9(8)10;1-2-7-5-3-4-6-8(7)9/h3-7,10H,1-2H3;3-6,9H,2H2,1H3. The molecule has 0 amide bonds. The van der Waals surface area contributed by atoms with Gasteiger partial charge in [0, 0.05) is 0 Å². The molecular formula is C17H22O2. The Morgan fingerprint density at radius 3 is 1.74 bits per heavy atom. The highest BCUT2D eigenvalue weighted by atomic mass is 16.3. The van der Waals surface area contributed by atoms with Crippen molar-refractivity contribution in [1.29, 1.82) is 0 Å². The molecule has 0 aliphatic heterocycles. The van der Waals surface area contributed by atoms with E-state index in [0.29, 0.717) is 17.4 Å². The van der Waals surface area contributed by atoms with Gasteiger partial charge in [-0.25, -0.2) is 0 Å². The number of phenolic OH excluding ortho intramolecular Hbond substituents is 2. The summed E-state index contributed by atoms with van der Waals surface area (Å²) in [5.41, 5.74) is 2.03. The van der Waals surface area contributed by atoms with Crippen LogP contribution in [0.15, 0.2) is 48.5 Å². The van der Waals surface area contributed by atoms with Crippen LogP contribution in [0, 0.1) is 0 Å². The Morgan fingerprint density at radius 2 is 1.37 bits per heavy atom. The van der Waals surface area contributed by atoms with Crippen LogP contribution in [-0.4, -0.2) is 10.2 Å². The van der Waals surface area contributed by atoms with Gasteiger partial charge in [-0.15, -0.1) is 0 Å². The molecule has 0 aliphatic rings. The number of aromatic hydroxyl groups is 2. The first-order chi connectivity index (χ1) is 9.06. The molecular weight excluding hydrogens is 236 g/mol. The fourth-order valence-corrected chi connectivity index (χ4v) is 1.79. The van der Waals surface area contributed by atoms with Gasteiger partial charge in [0.05, 0.1) is 0 Å². The molecule has 2 aromatic rings. The molecule has 0 fully saturated rings. The molecule has 19 heavy (non-hydrogen) atoms. The number of aryl methyl sites for hydroxylation is 1. The third-order valence-corrected chi connectivity index (χ3v) is 2.93. The largest absolute Gasteiger partial charge is 0.508 e. The number of hydrogen-bond acceptors (Lipinski definition) is 2. The average molecular weight is 258 g/mol. The van der Waals surface area contributed by atoms with Crippen LogP contribution in [0.4, 0.5) is 0 Å². The molecule has 2 nitrogen and oxygen atoms in total. The summed E-state index contributed by atoms with van der Waals surface area (Å²) in [5.74, 6) is 1.21. The van der Waals surface area contributed by atoms with Gasteiger partial charge in [0.2, 0.25) is 0 Å². The molecule has 0 aromatic heterocycles. The molecule has 2 aromatic carbocycles. The summed E-state index contributed by atoms with van der Waals surface area (Å²) in [6.07, 6.45) is 0.896. The summed E-state index contributed by atoms with van der Waals surface area (Å²) >= 11 is 0. The van der Waals surface area contributed by atoms with Crippen LogP contribution < -0.4 is 0 Å². The van der Waals surface area contributed by atoms with Gasteiger partial charge in [0.1, 0.15) is 11.5 Å². The molecule has 2 rings (SSSR count). The van der Waals surface area contributed by atoms with Gasteiger partial charge in [-0.2, -0.15) is 0 Å². The van der Waals surface area contributed by atoms with Crippen molar-refractivity contribution in [2.24, 2.45) is 0 Å². The Hall–Kier alpha value is -1.96. The molecule has 0 heterocycles. The monoisotopic (exact) mass is 258 g/mol. The minimum atomic E-state index is 0.400. The third-order valence-electron chi connectivity index (χ3n) is 2.93. The maximum atomic E-state index is 9.28. The number of para-hydroxylation sites is 2. The number of hydrogen-bond donors (Lipinski definition) is 2. The predicted molar refractivity (Wildman–Crippen MR) is 79.7 cm³/mol. The zero-order valence-corrected chi connectivity index (χ0v) is 11.8. The Balaban J connectivity index is 0.000000191. The van der Waals surface area contributed by atoms with Crippen LogP contribution in [0.5, 0.6) is 11.5 Å². The van der Waals surface area contributed by atoms with E-state index in [2.05, 4.69) is 13.8 Å². The van der Waals surface area contributed by atoms with E-state index in [1.807, 2.05) is 43.3 Å². The minimum absolute atomic E-state index is 0.400. The average Bonchev–Trinajstić information content (AvgIpc) is 2.40. The lowest BCUT2D eigenvalue weighted by atomic mass is 10.0. The molecule has 0 saturated carbocycles. The Labute approximate surface area is 115 Å². The van der Waals surface area contributed by atoms with Crippen molar-refractivity contribution in [1.82, 2.24) is 0 Å². The molecule has 0 aliphatic carbocycles. The quantitative estimate of drug-likeness (QED) is 0.834. The molecule has 0 spiro atoms. The van der Waals surface area contributed by atoms with Crippen molar-refractivity contribution >= 4 is 0 Å². The van der Waals surface area contributed by atoms with E-state index in [1.54, 1.807) is 12.1 Å². The highest BCUT2D eigenvalue weighted by molar-refractivity contribution is 5.34. The Morgan fingerprint density at radius 1 is 0.842 bits per heavy atom. The van der Waals surface area contributed by atoms with Gasteiger partial charge < -0.3 is 10.2 Å². The van der Waals surface area contributed by atoms with E-state index in [1.165, 1.54) is 0 Å². The van der Waals surface area contributed by atoms with Crippen LogP contribution in [0.2, 0.25) is 0 Å². The zero-order valence-electron chi connectivity index (χ0n) is 11.8. The first kappa shape index (κ1) is 15.1. The van der Waals surface area contributed by atoms with E-state index in [0.717, 1.165) is 17.5 Å². The summed E-state index contributed by atoms with van der Waals surface area (Å²) in [5, 5.41) is 18.4. The number of benzene rings is 2. The normalized spacial score (nSPS) is 9.89. The lowest BCUT2D eigenvalue weighted by molar-refractivity contribution is 0.465. The van der Waals surface area contributed by atoms with Gasteiger partial charge in [0.25, 0.3) is 0 Å². The van der Waals surface area contributed by atoms with Gasteiger partial charge in [-0.1, -0.05) is 57.2 Å². The molecule has 0 unspecified atom stereocenters. The molecule has 0 saturated heterocycles. The second-order valence-electron chi connectivity index (χ2n) is 4.70. The smallest absolute Gasteiger partial charge is 0.119 e. The van der Waals surface area contributed by atoms with Crippen LogP contribution in [-0.2, 0) is 6.42 Å². The van der Waals surface area contributed by atoms with E-state index in [4.69, 9.17) is 5.11 Å². The van der Waals surface area contributed by atoms with E-state index in [9.17, 15) is 5.11 Å². The third kappa shape index (κ3) is 4.66. The highest BCUT2D eigenvalue weighted by Crippen LogP contribution is 2.23. The van der Waals surface area contributed by atoms with Crippen molar-refractivity contribution in [3.63, 3.8) is 0 Å². The first-order valence-corrected chi connectivity index (χ1v) is 6.61. The van der Waals surface area contributed by atoms with Crippen molar-refractivity contribution in [2.75, 3.05) is 0 Å². The van der Waals surface area contributed by atoms with Gasteiger partial charge >= 0.3 is 0 Å². The molecule has 0 radical (unpaired) electrons. The van der Waals surface area contributed by atoms with Crippen LogP contribution in [0.1, 0.15) is 37.8 Å². The van der Waals surface area contributed by atoms with Crippen LogP contribution in [0.3, 0.4) is 0 Å². The Bertz CT molecular complexity index is 504. The molecule has 102 valence electrons. The predicted octanol–water partition coefficient (Wildman–Crippen LogP) is 4.47. The van der Waals surface area contributed by atoms with Crippen LogP contribution >= 0.6 is 0 Å². The fourth-order valence-electron chi connectivity index (χ4n) is 1.79. The molecule has 0 bridgehead atoms. The lowest BCUT2D eigenvalue weighted by Gasteiger charge is -2.05. The maximum absolute atomic E-state index is 9.28. The van der Waals surface area contributed by atoms with Gasteiger partial charge in [-0.05, 0) is 35.6 Å². The Kier molecular flexibility index (Phi) is 5.94. The summed E-state index contributed by atoms with van der Waals surface area (Å²) in [6, 6.07) is 14.8. The summed E-state index contributed by atoms with van der Waals surface area (Å²) in [4.78, 5) is 0. The fraction of sp³-hybridized carbons (Fsp3) is 0.294. The van der Waals surface area contributed by atoms with Gasteiger partial charge in [0.15, 0.2) is 0 Å². The lowest BCUT2D eigenvalue weighted by Crippen LogP contribution is -1.85. The second kappa shape index (κ2) is 7.47. The van der Waals surface area contributed by atoms with Crippen molar-refractivity contribution in [3.05, 3.63) is 59.7 Å². The van der Waals surface area contributed by atoms with Crippen molar-refractivity contribution < 1.29 is 10.2 Å². The number of phenols is 2. The van der Waals surface area contributed by atoms with Gasteiger partial charge in [-0.3, -0.25) is 0 Å². The summed E-state index contributed by atoms with van der Waals surface area (Å²) < 4.78 is 0. The minimum Gasteiger partial charge on any atom is -0.508 e. The van der Waals surface area contributed by atoms with E-state index < -0.39 is 0 Å². The molecule has 2 N–H and O–H groups in total. The van der Waals surface area contributed by atoms with E-state index >= 15 is 0 Å². The van der Waals surface area contributed by atoms with Crippen molar-refractivity contribution in [3.8, 4) is 11.5 Å². The summed E-state index contributed by atoms with van der Waals surface area (Å²) in [7, 11) is 0. The molecule has 2 heteroatoms. The zero-order chi connectivity index (χ0) is 14.3. The van der Waals surface area contributed by atoms with Crippen molar-refractivity contribution in [2.45, 2.75) is 33.1 Å². The maximum Gasteiger partial charge on any atom is 0.119 e.